The summed E-state index contributed by atoms with van der Waals surface area (Å²) in [4.78, 5) is 39.5. The lowest BCUT2D eigenvalue weighted by Crippen LogP contribution is -2.67. The van der Waals surface area contributed by atoms with Crippen molar-refractivity contribution in [1.82, 2.24) is 5.32 Å². The van der Waals surface area contributed by atoms with Gasteiger partial charge in [-0.05, 0) is 0 Å². The van der Waals surface area contributed by atoms with Crippen molar-refractivity contribution in [2.75, 3.05) is 6.61 Å². The van der Waals surface area contributed by atoms with Crippen LogP contribution in [0.25, 0.3) is 0 Å². The average molecular weight is 389 g/mol. The van der Waals surface area contributed by atoms with Crippen molar-refractivity contribution in [3.8, 4) is 0 Å². The van der Waals surface area contributed by atoms with E-state index in [0.717, 1.165) is 6.92 Å². The number of phosphoric ester groups is 1. The SMILES string of the molecule is CC(=O)N[C@H]1[C@H]([C@H](O)[C@@H](O)COP(=O)(O)O)O[C@](O)(C(=O)O)C[C@@H]1O. The van der Waals surface area contributed by atoms with E-state index in [0.29, 0.717) is 0 Å². The molecule has 0 unspecified atom stereocenters. The Hall–Kier alpha value is -1.15. The highest BCUT2D eigenvalue weighted by Gasteiger charge is 2.54. The van der Waals surface area contributed by atoms with Gasteiger partial charge in [0.05, 0.1) is 18.8 Å². The maximum atomic E-state index is 11.2. The molecule has 0 spiro atoms. The van der Waals surface area contributed by atoms with Gasteiger partial charge in [-0.15, -0.1) is 0 Å². The number of carboxylic acid groups (broad SMARTS) is 1. The van der Waals surface area contributed by atoms with Crippen LogP contribution in [0, 0.1) is 0 Å². The minimum atomic E-state index is -4.97. The van der Waals surface area contributed by atoms with Gasteiger partial charge in [-0.1, -0.05) is 0 Å². The number of amides is 1. The van der Waals surface area contributed by atoms with E-state index < -0.39 is 69.0 Å². The van der Waals surface area contributed by atoms with Crippen LogP contribution in [0.5, 0.6) is 0 Å². The first kappa shape index (κ1) is 21.9. The molecule has 1 fully saturated rings. The number of nitrogens with one attached hydrogen (secondary N) is 1. The van der Waals surface area contributed by atoms with Crippen LogP contribution in [0.4, 0.5) is 0 Å². The van der Waals surface area contributed by atoms with Crippen LogP contribution in [0.3, 0.4) is 0 Å². The van der Waals surface area contributed by atoms with Crippen LogP contribution >= 0.6 is 7.82 Å². The standard InChI is InChI=1S/C11H20NO12P/c1-4(13)12-7-5(14)2-11(19,10(17)18)24-9(7)8(16)6(15)3-23-25(20,21)22/h5-9,14-16,19H,2-3H2,1H3,(H,12,13)(H,17,18)(H2,20,21,22)/t5-,6-,7+,8+,9+,11-/m0/s1. The van der Waals surface area contributed by atoms with Crippen molar-refractivity contribution >= 4 is 19.7 Å². The minimum absolute atomic E-state index is 0.688. The number of aliphatic hydroxyl groups excluding tert-OH is 3. The molecule has 1 aliphatic heterocycles. The molecule has 1 aliphatic rings. The smallest absolute Gasteiger partial charge is 0.469 e. The van der Waals surface area contributed by atoms with E-state index in [1.165, 1.54) is 0 Å². The Morgan fingerprint density at radius 3 is 2.40 bits per heavy atom. The number of ether oxygens (including phenoxy) is 1. The fraction of sp³-hybridized carbons (Fsp3) is 0.818. The van der Waals surface area contributed by atoms with Gasteiger partial charge in [-0.3, -0.25) is 9.32 Å². The van der Waals surface area contributed by atoms with Crippen LogP contribution in [-0.2, 0) is 23.4 Å². The van der Waals surface area contributed by atoms with E-state index in [1.807, 2.05) is 0 Å². The van der Waals surface area contributed by atoms with Crippen molar-refractivity contribution in [3.05, 3.63) is 0 Å². The summed E-state index contributed by atoms with van der Waals surface area (Å²) in [5.74, 6) is -5.48. The quantitative estimate of drug-likeness (QED) is 0.197. The summed E-state index contributed by atoms with van der Waals surface area (Å²) in [7, 11) is -4.97. The Bertz CT molecular complexity index is 551. The van der Waals surface area contributed by atoms with Crippen molar-refractivity contribution in [3.63, 3.8) is 0 Å². The van der Waals surface area contributed by atoms with Crippen molar-refractivity contribution in [2.24, 2.45) is 0 Å². The third kappa shape index (κ3) is 5.95. The summed E-state index contributed by atoms with van der Waals surface area (Å²) < 4.78 is 19.5. The summed E-state index contributed by atoms with van der Waals surface area (Å²) in [6, 6.07) is -1.42. The molecule has 1 heterocycles. The molecule has 8 N–H and O–H groups in total. The zero-order valence-electron chi connectivity index (χ0n) is 12.9. The first-order chi connectivity index (χ1) is 11.3. The monoisotopic (exact) mass is 389 g/mol. The number of aliphatic hydroxyl groups is 4. The van der Waals surface area contributed by atoms with Crippen molar-refractivity contribution < 1.29 is 58.7 Å². The van der Waals surface area contributed by atoms with Gasteiger partial charge in [-0.2, -0.15) is 0 Å². The molecular formula is C11H20NO12P. The highest BCUT2D eigenvalue weighted by molar-refractivity contribution is 7.46. The third-order valence-electron chi connectivity index (χ3n) is 3.43. The lowest BCUT2D eigenvalue weighted by atomic mass is 9.88. The van der Waals surface area contributed by atoms with Gasteiger partial charge in [0.1, 0.15) is 18.3 Å². The highest BCUT2D eigenvalue weighted by atomic mass is 31.2. The van der Waals surface area contributed by atoms with Gasteiger partial charge in [0.15, 0.2) is 0 Å². The number of rotatable bonds is 7. The molecule has 0 saturated carbocycles. The topological polar surface area (TPSA) is 223 Å². The van der Waals surface area contributed by atoms with Crippen LogP contribution in [0.15, 0.2) is 0 Å². The normalized spacial score (nSPS) is 32.7. The Balaban J connectivity index is 3.02. The molecule has 0 aromatic heterocycles. The molecule has 1 amide bonds. The molecule has 6 atom stereocenters. The summed E-state index contributed by atoms with van der Waals surface area (Å²) >= 11 is 0. The molecular weight excluding hydrogens is 369 g/mol. The Kier molecular flexibility index (Phi) is 7.03. The van der Waals surface area contributed by atoms with E-state index >= 15 is 0 Å². The van der Waals surface area contributed by atoms with E-state index in [2.05, 4.69) is 9.84 Å². The molecule has 13 nitrogen and oxygen atoms in total. The van der Waals surface area contributed by atoms with E-state index in [4.69, 9.17) is 19.6 Å². The molecule has 1 saturated heterocycles. The molecule has 25 heavy (non-hydrogen) atoms. The summed E-state index contributed by atoms with van der Waals surface area (Å²) in [5, 5.41) is 50.9. The van der Waals surface area contributed by atoms with Gasteiger partial charge in [-0.25, -0.2) is 9.36 Å². The maximum absolute atomic E-state index is 11.2. The fourth-order valence-corrected chi connectivity index (χ4v) is 2.65. The Morgan fingerprint density at radius 1 is 1.40 bits per heavy atom. The summed E-state index contributed by atoms with van der Waals surface area (Å²) in [6.45, 7) is -0.0127. The van der Waals surface area contributed by atoms with Crippen LogP contribution in [0.2, 0.25) is 0 Å². The average Bonchev–Trinajstić information content (AvgIpc) is 2.45. The maximum Gasteiger partial charge on any atom is 0.469 e. The molecule has 0 radical (unpaired) electrons. The molecule has 1 rings (SSSR count). The molecule has 0 aromatic carbocycles. The Labute approximate surface area is 141 Å². The molecule has 14 heteroatoms. The highest BCUT2D eigenvalue weighted by Crippen LogP contribution is 2.36. The van der Waals surface area contributed by atoms with E-state index in [-0.39, 0.29) is 0 Å². The predicted molar refractivity (Wildman–Crippen MR) is 75.7 cm³/mol. The molecule has 146 valence electrons. The first-order valence-electron chi connectivity index (χ1n) is 6.92. The number of carboxylic acids is 1. The largest absolute Gasteiger partial charge is 0.477 e. The summed E-state index contributed by atoms with van der Waals surface area (Å²) in [6.07, 6.45) is -8.43. The molecule has 0 aromatic rings. The Morgan fingerprint density at radius 2 is 1.96 bits per heavy atom. The number of carbonyl (C=O) groups excluding carboxylic acids is 1. The number of phosphoric acid groups is 1. The fourth-order valence-electron chi connectivity index (χ4n) is 2.30. The van der Waals surface area contributed by atoms with Crippen molar-refractivity contribution in [1.29, 1.82) is 0 Å². The van der Waals surface area contributed by atoms with Gasteiger partial charge in [0.2, 0.25) is 5.91 Å². The van der Waals surface area contributed by atoms with E-state index in [1.54, 1.807) is 0 Å². The second kappa shape index (κ2) is 8.03. The number of carbonyl (C=O) groups is 2. The third-order valence-corrected chi connectivity index (χ3v) is 3.92. The van der Waals surface area contributed by atoms with Gasteiger partial charge < -0.3 is 45.4 Å². The van der Waals surface area contributed by atoms with Gasteiger partial charge >= 0.3 is 13.8 Å². The lowest BCUT2D eigenvalue weighted by molar-refractivity contribution is -0.294. The lowest BCUT2D eigenvalue weighted by Gasteiger charge is -2.44. The van der Waals surface area contributed by atoms with Gasteiger partial charge in [0.25, 0.3) is 5.79 Å². The zero-order chi connectivity index (χ0) is 19.6. The molecule has 0 aliphatic carbocycles. The van der Waals surface area contributed by atoms with E-state index in [9.17, 15) is 34.6 Å². The van der Waals surface area contributed by atoms with Crippen molar-refractivity contribution in [2.45, 2.75) is 49.6 Å². The van der Waals surface area contributed by atoms with Gasteiger partial charge in [0, 0.05) is 13.3 Å². The number of aliphatic carboxylic acids is 1. The zero-order valence-corrected chi connectivity index (χ0v) is 13.8. The second-order valence-electron chi connectivity index (χ2n) is 5.51. The van der Waals surface area contributed by atoms with Crippen LogP contribution < -0.4 is 5.32 Å². The minimum Gasteiger partial charge on any atom is -0.477 e. The van der Waals surface area contributed by atoms with Crippen LogP contribution in [0.1, 0.15) is 13.3 Å². The first-order valence-corrected chi connectivity index (χ1v) is 8.45. The van der Waals surface area contributed by atoms with Crippen LogP contribution in [-0.4, -0.2) is 90.0 Å². The molecule has 0 bridgehead atoms. The second-order valence-corrected chi connectivity index (χ2v) is 6.75. The predicted octanol–water partition coefficient (Wildman–Crippen LogP) is -3.75. The number of hydrogen-bond acceptors (Lipinski definition) is 9. The summed E-state index contributed by atoms with van der Waals surface area (Å²) in [5.41, 5.74) is 0. The number of hydrogen-bond donors (Lipinski definition) is 8.